The van der Waals surface area contributed by atoms with Crippen LogP contribution in [0, 0.1) is 0 Å². The molecule has 0 aliphatic heterocycles. The van der Waals surface area contributed by atoms with E-state index in [1.165, 1.54) is 0 Å². The van der Waals surface area contributed by atoms with E-state index >= 15 is 0 Å². The summed E-state index contributed by atoms with van der Waals surface area (Å²) >= 11 is 4.77. The zero-order chi connectivity index (χ0) is 8.97. The fourth-order valence-electron chi connectivity index (χ4n) is 0.802. The Kier molecular flexibility index (Phi) is 2.99. The molecule has 1 aromatic rings. The van der Waals surface area contributed by atoms with Crippen LogP contribution in [-0.4, -0.2) is 16.6 Å². The number of rotatable bonds is 3. The SMILES string of the molecule is CCOc1ccnc(C(N)=S)c1. The average Bonchev–Trinajstić information content (AvgIpc) is 2.05. The second-order valence-electron chi connectivity index (χ2n) is 2.17. The van der Waals surface area contributed by atoms with Gasteiger partial charge in [0.1, 0.15) is 16.4 Å². The van der Waals surface area contributed by atoms with Gasteiger partial charge >= 0.3 is 0 Å². The molecule has 0 amide bonds. The highest BCUT2D eigenvalue weighted by Gasteiger charge is 1.98. The summed E-state index contributed by atoms with van der Waals surface area (Å²) in [5.41, 5.74) is 5.99. The van der Waals surface area contributed by atoms with Crippen LogP contribution in [0.1, 0.15) is 12.6 Å². The van der Waals surface area contributed by atoms with Gasteiger partial charge in [-0.15, -0.1) is 0 Å². The second-order valence-corrected chi connectivity index (χ2v) is 2.61. The number of hydrogen-bond donors (Lipinski definition) is 1. The first-order valence-electron chi connectivity index (χ1n) is 3.62. The van der Waals surface area contributed by atoms with E-state index in [9.17, 15) is 0 Å². The van der Waals surface area contributed by atoms with Crippen molar-refractivity contribution in [2.75, 3.05) is 6.61 Å². The molecule has 1 aromatic heterocycles. The number of aromatic nitrogens is 1. The van der Waals surface area contributed by atoms with E-state index in [4.69, 9.17) is 22.7 Å². The summed E-state index contributed by atoms with van der Waals surface area (Å²) < 4.78 is 5.24. The Morgan fingerprint density at radius 2 is 2.50 bits per heavy atom. The highest BCUT2D eigenvalue weighted by Crippen LogP contribution is 2.10. The Labute approximate surface area is 76.6 Å². The van der Waals surface area contributed by atoms with E-state index in [0.717, 1.165) is 5.75 Å². The molecule has 2 N–H and O–H groups in total. The van der Waals surface area contributed by atoms with Crippen molar-refractivity contribution in [2.45, 2.75) is 6.92 Å². The predicted molar refractivity (Wildman–Crippen MR) is 51.3 cm³/mol. The number of thiocarbonyl (C=S) groups is 1. The van der Waals surface area contributed by atoms with Crippen molar-refractivity contribution in [1.82, 2.24) is 4.98 Å². The molecule has 4 heteroatoms. The molecule has 0 saturated carbocycles. The monoisotopic (exact) mass is 182 g/mol. The molecular weight excluding hydrogens is 172 g/mol. The van der Waals surface area contributed by atoms with Crippen LogP contribution < -0.4 is 10.5 Å². The third-order valence-electron chi connectivity index (χ3n) is 1.29. The predicted octanol–water partition coefficient (Wildman–Crippen LogP) is 1.11. The highest BCUT2D eigenvalue weighted by molar-refractivity contribution is 7.80. The number of nitrogens with zero attached hydrogens (tertiary/aromatic N) is 1. The van der Waals surface area contributed by atoms with Crippen LogP contribution in [0.3, 0.4) is 0 Å². The fourth-order valence-corrected chi connectivity index (χ4v) is 0.914. The van der Waals surface area contributed by atoms with Crippen LogP contribution in [0.4, 0.5) is 0 Å². The Balaban J connectivity index is 2.88. The first-order valence-corrected chi connectivity index (χ1v) is 4.03. The molecule has 0 aromatic carbocycles. The standard InChI is InChI=1S/C8H10N2OS/c1-2-11-6-3-4-10-7(5-6)8(9)12/h3-5H,2H2,1H3,(H2,9,12). The van der Waals surface area contributed by atoms with Gasteiger partial charge in [0, 0.05) is 12.3 Å². The number of pyridine rings is 1. The molecule has 3 nitrogen and oxygen atoms in total. The average molecular weight is 182 g/mol. The van der Waals surface area contributed by atoms with Gasteiger partial charge in [0.05, 0.1) is 6.61 Å². The van der Waals surface area contributed by atoms with Gasteiger partial charge in [-0.3, -0.25) is 4.98 Å². The van der Waals surface area contributed by atoms with Gasteiger partial charge in [-0.05, 0) is 13.0 Å². The molecule has 0 aliphatic carbocycles. The summed E-state index contributed by atoms with van der Waals surface area (Å²) in [5, 5.41) is 0. The summed E-state index contributed by atoms with van der Waals surface area (Å²) in [6.07, 6.45) is 1.62. The Morgan fingerprint density at radius 3 is 3.08 bits per heavy atom. The zero-order valence-corrected chi connectivity index (χ0v) is 7.60. The smallest absolute Gasteiger partial charge is 0.123 e. The van der Waals surface area contributed by atoms with Crippen molar-refractivity contribution in [2.24, 2.45) is 5.73 Å². The topological polar surface area (TPSA) is 48.1 Å². The molecule has 1 rings (SSSR count). The van der Waals surface area contributed by atoms with E-state index in [1.807, 2.05) is 6.92 Å². The van der Waals surface area contributed by atoms with Gasteiger partial charge < -0.3 is 10.5 Å². The molecule has 0 bridgehead atoms. The fraction of sp³-hybridized carbons (Fsp3) is 0.250. The molecule has 0 aliphatic rings. The molecule has 1 heterocycles. The van der Waals surface area contributed by atoms with Crippen molar-refractivity contribution in [3.05, 3.63) is 24.0 Å². The van der Waals surface area contributed by atoms with E-state index < -0.39 is 0 Å². The minimum absolute atomic E-state index is 0.288. The maximum atomic E-state index is 5.39. The quantitative estimate of drug-likeness (QED) is 0.711. The van der Waals surface area contributed by atoms with E-state index in [0.29, 0.717) is 12.3 Å². The lowest BCUT2D eigenvalue weighted by molar-refractivity contribution is 0.340. The lowest BCUT2D eigenvalue weighted by Gasteiger charge is -2.03. The van der Waals surface area contributed by atoms with Crippen molar-refractivity contribution in [1.29, 1.82) is 0 Å². The Bertz CT molecular complexity index is 288. The van der Waals surface area contributed by atoms with E-state index in [-0.39, 0.29) is 4.99 Å². The summed E-state index contributed by atoms with van der Waals surface area (Å²) in [6.45, 7) is 2.54. The normalized spacial score (nSPS) is 9.42. The second kappa shape index (κ2) is 4.01. The van der Waals surface area contributed by atoms with Crippen LogP contribution in [0.15, 0.2) is 18.3 Å². The first-order chi connectivity index (χ1) is 5.74. The number of nitrogens with two attached hydrogens (primary N) is 1. The van der Waals surface area contributed by atoms with Gasteiger partial charge in [0.25, 0.3) is 0 Å². The highest BCUT2D eigenvalue weighted by atomic mass is 32.1. The summed E-state index contributed by atoms with van der Waals surface area (Å²) in [4.78, 5) is 4.26. The van der Waals surface area contributed by atoms with Crippen LogP contribution in [0.2, 0.25) is 0 Å². The van der Waals surface area contributed by atoms with Gasteiger partial charge in [-0.2, -0.15) is 0 Å². The molecule has 12 heavy (non-hydrogen) atoms. The molecule has 0 fully saturated rings. The van der Waals surface area contributed by atoms with Crippen LogP contribution in [0.5, 0.6) is 5.75 Å². The molecular formula is C8H10N2OS. The number of ether oxygens (including phenoxy) is 1. The summed E-state index contributed by atoms with van der Waals surface area (Å²) in [5.74, 6) is 0.746. The maximum absolute atomic E-state index is 5.39. The molecule has 0 spiro atoms. The third kappa shape index (κ3) is 2.17. The largest absolute Gasteiger partial charge is 0.494 e. The minimum Gasteiger partial charge on any atom is -0.494 e. The third-order valence-corrected chi connectivity index (χ3v) is 1.50. The van der Waals surface area contributed by atoms with E-state index in [1.54, 1.807) is 18.3 Å². The lowest BCUT2D eigenvalue weighted by atomic mass is 10.3. The lowest BCUT2D eigenvalue weighted by Crippen LogP contribution is -2.11. The van der Waals surface area contributed by atoms with Crippen molar-refractivity contribution in [3.63, 3.8) is 0 Å². The summed E-state index contributed by atoms with van der Waals surface area (Å²) in [7, 11) is 0. The van der Waals surface area contributed by atoms with Crippen molar-refractivity contribution < 1.29 is 4.74 Å². The maximum Gasteiger partial charge on any atom is 0.123 e. The van der Waals surface area contributed by atoms with E-state index in [2.05, 4.69) is 4.98 Å². The molecule has 0 saturated heterocycles. The van der Waals surface area contributed by atoms with Crippen molar-refractivity contribution in [3.8, 4) is 5.75 Å². The van der Waals surface area contributed by atoms with Gasteiger partial charge in [-0.25, -0.2) is 0 Å². The zero-order valence-electron chi connectivity index (χ0n) is 6.78. The molecule has 0 unspecified atom stereocenters. The molecule has 0 atom stereocenters. The first kappa shape index (κ1) is 8.93. The number of hydrogen-bond acceptors (Lipinski definition) is 3. The molecule has 0 radical (unpaired) electrons. The van der Waals surface area contributed by atoms with Crippen LogP contribution >= 0.6 is 12.2 Å². The van der Waals surface area contributed by atoms with Gasteiger partial charge in [0.2, 0.25) is 0 Å². The van der Waals surface area contributed by atoms with Gasteiger partial charge in [0.15, 0.2) is 0 Å². The van der Waals surface area contributed by atoms with Crippen LogP contribution in [-0.2, 0) is 0 Å². The Morgan fingerprint density at radius 1 is 1.75 bits per heavy atom. The van der Waals surface area contributed by atoms with Crippen LogP contribution in [0.25, 0.3) is 0 Å². The Hall–Kier alpha value is -1.16. The minimum atomic E-state index is 0.288. The van der Waals surface area contributed by atoms with Gasteiger partial charge in [-0.1, -0.05) is 12.2 Å². The van der Waals surface area contributed by atoms with Crippen molar-refractivity contribution >= 4 is 17.2 Å². The molecule has 64 valence electrons. The summed E-state index contributed by atoms with van der Waals surface area (Å²) in [6, 6.07) is 3.50.